The molecular formula is C29H26F2N6O4S. The zero-order chi connectivity index (χ0) is 29.5. The standard InChI is InChI=1S/C29H26F2N6O4S/c1-35(2)12-20-25-27(38)37(23-10-11-24(34-33-23)41-18-14-40-15-18)29(39)36(13-19-21(30)4-3-5-22(19)31)28(25)42-26(20)16-6-8-17(32)9-7-16/h3-11,18H,12-15,32H2,1-2H3. The highest BCUT2D eigenvalue weighted by Gasteiger charge is 2.26. The molecule has 0 saturated carbocycles. The number of anilines is 1. The number of benzene rings is 2. The van der Waals surface area contributed by atoms with E-state index in [4.69, 9.17) is 15.2 Å². The Hall–Kier alpha value is -4.46. The molecule has 13 heteroatoms. The fourth-order valence-electron chi connectivity index (χ4n) is 4.73. The molecule has 1 fully saturated rings. The molecule has 0 unspecified atom stereocenters. The maximum atomic E-state index is 14.8. The Balaban J connectivity index is 1.62. The Bertz CT molecular complexity index is 1880. The summed E-state index contributed by atoms with van der Waals surface area (Å²) in [6, 6.07) is 13.6. The molecule has 10 nitrogen and oxygen atoms in total. The zero-order valence-electron chi connectivity index (χ0n) is 22.7. The van der Waals surface area contributed by atoms with Crippen molar-refractivity contribution >= 4 is 27.2 Å². The molecule has 2 aromatic carbocycles. The smallest absolute Gasteiger partial charge is 0.338 e. The largest absolute Gasteiger partial charge is 0.468 e. The van der Waals surface area contributed by atoms with E-state index in [1.54, 1.807) is 12.1 Å². The number of hydrogen-bond acceptors (Lipinski definition) is 9. The average Bonchev–Trinajstić information content (AvgIpc) is 3.30. The fourth-order valence-corrected chi connectivity index (χ4v) is 6.04. The van der Waals surface area contributed by atoms with Gasteiger partial charge < -0.3 is 20.1 Å². The Kier molecular flexibility index (Phi) is 7.31. The van der Waals surface area contributed by atoms with Crippen molar-refractivity contribution in [1.29, 1.82) is 0 Å². The summed E-state index contributed by atoms with van der Waals surface area (Å²) in [4.78, 5) is 31.1. The van der Waals surface area contributed by atoms with E-state index in [0.717, 1.165) is 27.1 Å². The maximum absolute atomic E-state index is 14.8. The van der Waals surface area contributed by atoms with Crippen molar-refractivity contribution in [3.8, 4) is 22.1 Å². The van der Waals surface area contributed by atoms with Crippen LogP contribution in [0.5, 0.6) is 5.88 Å². The lowest BCUT2D eigenvalue weighted by atomic mass is 10.1. The van der Waals surface area contributed by atoms with Crippen molar-refractivity contribution < 1.29 is 18.3 Å². The van der Waals surface area contributed by atoms with Crippen molar-refractivity contribution in [3.63, 3.8) is 0 Å². The van der Waals surface area contributed by atoms with Gasteiger partial charge in [0.25, 0.3) is 5.56 Å². The Morgan fingerprint density at radius 2 is 1.74 bits per heavy atom. The number of nitrogens with two attached hydrogens (primary N) is 1. The van der Waals surface area contributed by atoms with Crippen LogP contribution in [0.25, 0.3) is 26.5 Å². The van der Waals surface area contributed by atoms with E-state index in [9.17, 15) is 18.4 Å². The number of ether oxygens (including phenoxy) is 2. The lowest BCUT2D eigenvalue weighted by Gasteiger charge is -2.25. The van der Waals surface area contributed by atoms with Crippen LogP contribution in [0.4, 0.5) is 14.5 Å². The third kappa shape index (κ3) is 5.06. The van der Waals surface area contributed by atoms with Gasteiger partial charge in [-0.1, -0.05) is 18.2 Å². The first-order chi connectivity index (χ1) is 20.2. The second-order valence-corrected chi connectivity index (χ2v) is 11.2. The molecule has 0 amide bonds. The van der Waals surface area contributed by atoms with E-state index in [2.05, 4.69) is 10.2 Å². The predicted molar refractivity (Wildman–Crippen MR) is 155 cm³/mol. The Morgan fingerprint density at radius 1 is 1.02 bits per heavy atom. The van der Waals surface area contributed by atoms with Gasteiger partial charge in [0.05, 0.1) is 25.1 Å². The zero-order valence-corrected chi connectivity index (χ0v) is 23.5. The molecule has 5 aromatic rings. The summed E-state index contributed by atoms with van der Waals surface area (Å²) in [5, 5.41) is 8.38. The highest BCUT2D eigenvalue weighted by Crippen LogP contribution is 2.38. The number of rotatable bonds is 8. The molecule has 0 radical (unpaired) electrons. The van der Waals surface area contributed by atoms with Crippen LogP contribution in [0.3, 0.4) is 0 Å². The number of nitrogen functional groups attached to an aromatic ring is 1. The van der Waals surface area contributed by atoms with Crippen LogP contribution >= 0.6 is 11.3 Å². The summed E-state index contributed by atoms with van der Waals surface area (Å²) in [5.74, 6) is -1.46. The molecule has 3 aromatic heterocycles. The second kappa shape index (κ2) is 11.1. The Morgan fingerprint density at radius 3 is 2.33 bits per heavy atom. The van der Waals surface area contributed by atoms with E-state index >= 15 is 0 Å². The van der Waals surface area contributed by atoms with Crippen molar-refractivity contribution in [2.45, 2.75) is 19.2 Å². The predicted octanol–water partition coefficient (Wildman–Crippen LogP) is 3.42. The minimum Gasteiger partial charge on any atom is -0.468 e. The maximum Gasteiger partial charge on any atom is 0.338 e. The lowest BCUT2D eigenvalue weighted by Crippen LogP contribution is -2.40. The van der Waals surface area contributed by atoms with Crippen molar-refractivity contribution in [2.24, 2.45) is 0 Å². The third-order valence-corrected chi connectivity index (χ3v) is 8.15. The van der Waals surface area contributed by atoms with Gasteiger partial charge in [-0.05, 0) is 55.6 Å². The lowest BCUT2D eigenvalue weighted by molar-refractivity contribution is -0.0816. The SMILES string of the molecule is CN(C)Cc1c(-c2ccc(N)cc2)sc2c1c(=O)n(-c1ccc(OC3COC3)nn1)c(=O)n2Cc1c(F)cccc1F. The van der Waals surface area contributed by atoms with Crippen molar-refractivity contribution in [1.82, 2.24) is 24.2 Å². The number of nitrogens with zero attached hydrogens (tertiary/aromatic N) is 5. The van der Waals surface area contributed by atoms with Crippen molar-refractivity contribution in [2.75, 3.05) is 33.0 Å². The van der Waals surface area contributed by atoms with Gasteiger partial charge in [-0.15, -0.1) is 21.5 Å². The van der Waals surface area contributed by atoms with Crippen LogP contribution in [-0.2, 0) is 17.8 Å². The van der Waals surface area contributed by atoms with E-state index in [1.165, 1.54) is 34.1 Å². The highest BCUT2D eigenvalue weighted by molar-refractivity contribution is 7.22. The van der Waals surface area contributed by atoms with E-state index in [-0.39, 0.29) is 33.6 Å². The topological polar surface area (TPSA) is 118 Å². The van der Waals surface area contributed by atoms with Gasteiger partial charge in [0.2, 0.25) is 5.88 Å². The summed E-state index contributed by atoms with van der Waals surface area (Å²) in [7, 11) is 3.72. The molecule has 1 saturated heterocycles. The second-order valence-electron chi connectivity index (χ2n) is 10.2. The van der Waals surface area contributed by atoms with Crippen LogP contribution in [0.1, 0.15) is 11.1 Å². The van der Waals surface area contributed by atoms with Crippen LogP contribution in [0.15, 0.2) is 64.2 Å². The van der Waals surface area contributed by atoms with Gasteiger partial charge in [0.15, 0.2) is 5.82 Å². The fraction of sp³-hybridized carbons (Fsp3) is 0.241. The summed E-state index contributed by atoms with van der Waals surface area (Å²) >= 11 is 1.20. The molecular weight excluding hydrogens is 566 g/mol. The number of aromatic nitrogens is 4. The van der Waals surface area contributed by atoms with Crippen LogP contribution in [0.2, 0.25) is 0 Å². The number of halogens is 2. The molecule has 4 heterocycles. The van der Waals surface area contributed by atoms with Gasteiger partial charge in [-0.25, -0.2) is 18.1 Å². The van der Waals surface area contributed by atoms with Crippen LogP contribution < -0.4 is 21.7 Å². The van der Waals surface area contributed by atoms with E-state index < -0.39 is 29.4 Å². The molecule has 0 atom stereocenters. The molecule has 2 N–H and O–H groups in total. The van der Waals surface area contributed by atoms with Crippen LogP contribution in [0, 0.1) is 11.6 Å². The normalized spacial score (nSPS) is 13.5. The minimum absolute atomic E-state index is 0.0529. The van der Waals surface area contributed by atoms with Gasteiger partial charge >= 0.3 is 5.69 Å². The third-order valence-electron chi connectivity index (χ3n) is 6.85. The summed E-state index contributed by atoms with van der Waals surface area (Å²) in [6.45, 7) is 0.761. The van der Waals surface area contributed by atoms with Gasteiger partial charge in [-0.2, -0.15) is 0 Å². The van der Waals surface area contributed by atoms with E-state index in [0.29, 0.717) is 31.0 Å². The first kappa shape index (κ1) is 27.7. The highest BCUT2D eigenvalue weighted by atomic mass is 32.1. The molecule has 0 spiro atoms. The first-order valence-corrected chi connectivity index (χ1v) is 13.9. The molecule has 6 rings (SSSR count). The summed E-state index contributed by atoms with van der Waals surface area (Å²) in [6.07, 6.45) is -0.150. The molecule has 216 valence electrons. The number of hydrogen-bond donors (Lipinski definition) is 1. The molecule has 1 aliphatic heterocycles. The monoisotopic (exact) mass is 592 g/mol. The molecule has 0 aliphatic carbocycles. The average molecular weight is 593 g/mol. The quantitative estimate of drug-likeness (QED) is 0.273. The van der Waals surface area contributed by atoms with E-state index in [1.807, 2.05) is 31.1 Å². The summed E-state index contributed by atoms with van der Waals surface area (Å²) in [5.41, 5.74) is 6.18. The van der Waals surface area contributed by atoms with Crippen molar-refractivity contribution in [3.05, 3.63) is 98.2 Å². The Labute approximate surface area is 242 Å². The number of thiophene rings is 1. The van der Waals surface area contributed by atoms with Crippen LogP contribution in [-0.4, -0.2) is 57.6 Å². The minimum atomic E-state index is -0.813. The first-order valence-electron chi connectivity index (χ1n) is 13.0. The molecule has 1 aliphatic rings. The summed E-state index contributed by atoms with van der Waals surface area (Å²) < 4.78 is 42.5. The molecule has 42 heavy (non-hydrogen) atoms. The number of fused-ring (bicyclic) bond motifs is 1. The molecule has 0 bridgehead atoms. The van der Waals surface area contributed by atoms with Gasteiger partial charge in [0.1, 0.15) is 22.6 Å². The van der Waals surface area contributed by atoms with Gasteiger partial charge in [0, 0.05) is 28.7 Å². The van der Waals surface area contributed by atoms with Gasteiger partial charge in [-0.3, -0.25) is 9.36 Å².